The van der Waals surface area contributed by atoms with E-state index in [1.807, 2.05) is 0 Å². The van der Waals surface area contributed by atoms with Gasteiger partial charge in [-0.2, -0.15) is 0 Å². The Morgan fingerprint density at radius 1 is 1.14 bits per heavy atom. The number of benzene rings is 1. The molecule has 3 fully saturated rings. The van der Waals surface area contributed by atoms with Crippen molar-refractivity contribution in [3.8, 4) is 0 Å². The van der Waals surface area contributed by atoms with Crippen LogP contribution in [-0.4, -0.2) is 35.7 Å². The average molecular weight is 390 g/mol. The van der Waals surface area contributed by atoms with Crippen LogP contribution in [0.15, 0.2) is 24.3 Å². The van der Waals surface area contributed by atoms with Crippen molar-refractivity contribution < 1.29 is 18.4 Å². The van der Waals surface area contributed by atoms with Crippen LogP contribution < -0.4 is 5.32 Å². The molecule has 2 saturated carbocycles. The first-order valence-corrected chi connectivity index (χ1v) is 10.4. The molecule has 4 rings (SSSR count). The molecule has 1 N–H and O–H groups in total. The Balaban J connectivity index is 1.21. The second-order valence-corrected chi connectivity index (χ2v) is 8.73. The molecule has 1 aliphatic heterocycles. The average Bonchev–Trinajstić information content (AvgIpc) is 3.05. The minimum absolute atomic E-state index is 0.105. The molecule has 1 amide bonds. The van der Waals surface area contributed by atoms with Gasteiger partial charge in [0.1, 0.15) is 5.78 Å². The molecule has 6 heteroatoms. The monoisotopic (exact) mass is 390 g/mol. The van der Waals surface area contributed by atoms with Gasteiger partial charge < -0.3 is 5.32 Å². The van der Waals surface area contributed by atoms with Crippen molar-refractivity contribution in [2.24, 2.45) is 17.8 Å². The summed E-state index contributed by atoms with van der Waals surface area (Å²) in [5, 5.41) is 2.63. The molecule has 2 aliphatic carbocycles. The third-order valence-corrected chi connectivity index (χ3v) is 6.69. The highest BCUT2D eigenvalue weighted by molar-refractivity contribution is 5.94. The molecule has 152 valence electrons. The number of hydrogen-bond acceptors (Lipinski definition) is 3. The maximum atomic E-state index is 13.4. The van der Waals surface area contributed by atoms with Crippen molar-refractivity contribution in [3.63, 3.8) is 0 Å². The molecule has 3 atom stereocenters. The molecule has 0 bridgehead atoms. The Labute approximate surface area is 164 Å². The lowest BCUT2D eigenvalue weighted by atomic mass is 10.1. The number of alkyl halides is 2. The van der Waals surface area contributed by atoms with Crippen LogP contribution in [0.1, 0.15) is 51.0 Å². The summed E-state index contributed by atoms with van der Waals surface area (Å²) in [7, 11) is 0. The summed E-state index contributed by atoms with van der Waals surface area (Å²) in [6, 6.07) is 6.41. The zero-order valence-electron chi connectivity index (χ0n) is 16.3. The van der Waals surface area contributed by atoms with Gasteiger partial charge in [0, 0.05) is 56.1 Å². The highest BCUT2D eigenvalue weighted by Gasteiger charge is 2.59. The Morgan fingerprint density at radius 3 is 2.46 bits per heavy atom. The number of piperidine rings is 1. The van der Waals surface area contributed by atoms with Gasteiger partial charge in [-0.3, -0.25) is 14.5 Å². The van der Waals surface area contributed by atoms with Crippen molar-refractivity contribution in [2.75, 3.05) is 18.4 Å². The summed E-state index contributed by atoms with van der Waals surface area (Å²) < 4.78 is 26.8. The number of ketones is 1. The van der Waals surface area contributed by atoms with E-state index in [1.165, 1.54) is 43.9 Å². The van der Waals surface area contributed by atoms with Crippen molar-refractivity contribution >= 4 is 17.4 Å². The van der Waals surface area contributed by atoms with E-state index in [1.54, 1.807) is 6.07 Å². The van der Waals surface area contributed by atoms with Gasteiger partial charge in [-0.05, 0) is 36.8 Å². The van der Waals surface area contributed by atoms with E-state index in [9.17, 15) is 18.4 Å². The van der Waals surface area contributed by atoms with Crippen LogP contribution in [-0.2, 0) is 15.5 Å². The summed E-state index contributed by atoms with van der Waals surface area (Å²) >= 11 is 0. The van der Waals surface area contributed by atoms with Gasteiger partial charge in [-0.25, -0.2) is 8.78 Å². The summed E-state index contributed by atoms with van der Waals surface area (Å²) in [6.45, 7) is 2.90. The lowest BCUT2D eigenvalue weighted by molar-refractivity contribution is -0.124. The minimum atomic E-state index is -2.95. The summed E-state index contributed by atoms with van der Waals surface area (Å²) in [5.41, 5.74) is 0.200. The first-order valence-electron chi connectivity index (χ1n) is 10.4. The Bertz CT molecular complexity index is 743. The number of Topliss-reactive ketones (excluding diaryl/α,β-unsaturated/α-hetero) is 1. The predicted molar refractivity (Wildman–Crippen MR) is 103 cm³/mol. The standard InChI is InChI=1S/C22H28F2N2O2/c1-22(23,24)14-5-4-6-15(11-14)25-20(28)10-9-19(27)21-17-12-26(13-18(17)21)16-7-2-3-8-16/h4-6,11,16-18,21H,2-3,7-10,12-13H2,1H3,(H,25,28)/t17-,18+,21?. The molecule has 28 heavy (non-hydrogen) atoms. The normalized spacial score (nSPS) is 27.6. The highest BCUT2D eigenvalue weighted by Crippen LogP contribution is 2.53. The molecule has 0 radical (unpaired) electrons. The molecule has 1 aromatic carbocycles. The topological polar surface area (TPSA) is 49.4 Å². The zero-order valence-corrected chi connectivity index (χ0v) is 16.3. The zero-order chi connectivity index (χ0) is 19.9. The second-order valence-electron chi connectivity index (χ2n) is 8.73. The van der Waals surface area contributed by atoms with Crippen LogP contribution in [0.5, 0.6) is 0 Å². The van der Waals surface area contributed by atoms with Gasteiger partial charge in [0.2, 0.25) is 5.91 Å². The van der Waals surface area contributed by atoms with E-state index < -0.39 is 5.92 Å². The molecule has 4 nitrogen and oxygen atoms in total. The number of halogens is 2. The van der Waals surface area contributed by atoms with Gasteiger partial charge in [0.25, 0.3) is 5.92 Å². The molecule has 0 spiro atoms. The predicted octanol–water partition coefficient (Wildman–Crippen LogP) is 4.21. The van der Waals surface area contributed by atoms with Gasteiger partial charge in [-0.1, -0.05) is 25.0 Å². The molecule has 1 aromatic rings. The first kappa shape index (κ1) is 19.5. The van der Waals surface area contributed by atoms with Crippen molar-refractivity contribution in [2.45, 2.75) is 57.4 Å². The van der Waals surface area contributed by atoms with Gasteiger partial charge >= 0.3 is 0 Å². The van der Waals surface area contributed by atoms with E-state index in [0.29, 0.717) is 17.5 Å². The van der Waals surface area contributed by atoms with Crippen molar-refractivity contribution in [1.82, 2.24) is 4.90 Å². The molecule has 1 unspecified atom stereocenters. The fraction of sp³-hybridized carbons (Fsp3) is 0.636. The highest BCUT2D eigenvalue weighted by atomic mass is 19.3. The molecule has 3 aliphatic rings. The van der Waals surface area contributed by atoms with Crippen molar-refractivity contribution in [1.29, 1.82) is 0 Å². The molecule has 1 heterocycles. The fourth-order valence-electron chi connectivity index (χ4n) is 5.10. The lowest BCUT2D eigenvalue weighted by Crippen LogP contribution is -2.34. The maximum absolute atomic E-state index is 13.4. The number of nitrogens with zero attached hydrogens (tertiary/aromatic N) is 1. The number of likely N-dealkylation sites (tertiary alicyclic amines) is 1. The quantitative estimate of drug-likeness (QED) is 0.759. The van der Waals surface area contributed by atoms with Crippen LogP contribution in [0.25, 0.3) is 0 Å². The number of anilines is 1. The number of rotatable bonds is 7. The second kappa shape index (κ2) is 7.54. The lowest BCUT2D eigenvalue weighted by Gasteiger charge is -2.26. The van der Waals surface area contributed by atoms with Gasteiger partial charge in [0.05, 0.1) is 0 Å². The Hall–Kier alpha value is -1.82. The molecule has 1 saturated heterocycles. The van der Waals surface area contributed by atoms with Crippen LogP contribution in [0.4, 0.5) is 14.5 Å². The van der Waals surface area contributed by atoms with Crippen molar-refractivity contribution in [3.05, 3.63) is 29.8 Å². The van der Waals surface area contributed by atoms with Gasteiger partial charge in [-0.15, -0.1) is 0 Å². The Kier molecular flexibility index (Phi) is 5.25. The van der Waals surface area contributed by atoms with Gasteiger partial charge in [0.15, 0.2) is 0 Å². The van der Waals surface area contributed by atoms with Crippen LogP contribution in [0.3, 0.4) is 0 Å². The largest absolute Gasteiger partial charge is 0.326 e. The first-order chi connectivity index (χ1) is 13.3. The minimum Gasteiger partial charge on any atom is -0.326 e. The number of fused-ring (bicyclic) bond motifs is 1. The number of nitrogens with one attached hydrogen (secondary N) is 1. The van der Waals surface area contributed by atoms with Crippen LogP contribution in [0, 0.1) is 17.8 Å². The molecular weight excluding hydrogens is 362 g/mol. The number of amides is 1. The van der Waals surface area contributed by atoms with E-state index in [-0.39, 0.29) is 36.0 Å². The van der Waals surface area contributed by atoms with E-state index >= 15 is 0 Å². The number of carbonyl (C=O) groups excluding carboxylic acids is 2. The summed E-state index contributed by atoms with van der Waals surface area (Å²) in [6.07, 6.45) is 5.58. The third-order valence-electron chi connectivity index (χ3n) is 6.69. The van der Waals surface area contributed by atoms with Crippen LogP contribution in [0.2, 0.25) is 0 Å². The van der Waals surface area contributed by atoms with E-state index in [2.05, 4.69) is 10.2 Å². The smallest absolute Gasteiger partial charge is 0.270 e. The summed E-state index contributed by atoms with van der Waals surface area (Å²) in [5.74, 6) is -1.97. The molecule has 0 aromatic heterocycles. The number of hydrogen-bond donors (Lipinski definition) is 1. The fourth-order valence-corrected chi connectivity index (χ4v) is 5.10. The Morgan fingerprint density at radius 2 is 1.82 bits per heavy atom. The summed E-state index contributed by atoms with van der Waals surface area (Å²) in [4.78, 5) is 27.2. The van der Waals surface area contributed by atoms with E-state index in [0.717, 1.165) is 26.1 Å². The maximum Gasteiger partial charge on any atom is 0.270 e. The number of carbonyl (C=O) groups is 2. The SMILES string of the molecule is CC(F)(F)c1cccc(NC(=O)CCC(=O)C2[C@H]3CN(C4CCCC4)C[C@@H]23)c1. The van der Waals surface area contributed by atoms with Crippen LogP contribution >= 0.6 is 0 Å². The van der Waals surface area contributed by atoms with E-state index in [4.69, 9.17) is 0 Å². The third kappa shape index (κ3) is 4.12. The molecular formula is C22H28F2N2O2.